The van der Waals surface area contributed by atoms with Crippen LogP contribution in [0.4, 0.5) is 0 Å². The number of hydrogen-bond donors (Lipinski definition) is 0. The van der Waals surface area contributed by atoms with E-state index >= 15 is 0 Å². The van der Waals surface area contributed by atoms with E-state index < -0.39 is 0 Å². The first-order valence-corrected chi connectivity index (χ1v) is 5.99. The third-order valence-electron chi connectivity index (χ3n) is 2.18. The summed E-state index contributed by atoms with van der Waals surface area (Å²) < 4.78 is 7.26. The average Bonchev–Trinajstić information content (AvgIpc) is 2.86. The Labute approximate surface area is 82.2 Å². The van der Waals surface area contributed by atoms with Gasteiger partial charge >= 0.3 is 82.3 Å². The van der Waals surface area contributed by atoms with Crippen molar-refractivity contribution in [2.75, 3.05) is 0 Å². The van der Waals surface area contributed by atoms with Gasteiger partial charge in [-0.2, -0.15) is 0 Å². The van der Waals surface area contributed by atoms with Gasteiger partial charge in [-0.3, -0.25) is 0 Å². The Kier molecular flexibility index (Phi) is 1.52. The molecule has 1 heterocycles. The van der Waals surface area contributed by atoms with Gasteiger partial charge in [0.05, 0.1) is 0 Å². The Morgan fingerprint density at radius 1 is 1.33 bits per heavy atom. The summed E-state index contributed by atoms with van der Waals surface area (Å²) in [5.41, 5.74) is 2.91. The Morgan fingerprint density at radius 2 is 2.17 bits per heavy atom. The van der Waals surface area contributed by atoms with E-state index in [9.17, 15) is 0 Å². The third kappa shape index (κ3) is 1.02. The SMILES string of the molecule is C1=C(C2O[I-]c3ccccc32)C1. The molecule has 0 saturated heterocycles. The van der Waals surface area contributed by atoms with Gasteiger partial charge < -0.3 is 0 Å². The Morgan fingerprint density at radius 3 is 3.00 bits per heavy atom. The van der Waals surface area contributed by atoms with Crippen molar-refractivity contribution in [3.05, 3.63) is 45.0 Å². The van der Waals surface area contributed by atoms with E-state index in [0.29, 0.717) is 6.10 Å². The summed E-state index contributed by atoms with van der Waals surface area (Å²) in [6, 6.07) is 8.61. The monoisotopic (exact) mass is 271 g/mol. The fourth-order valence-corrected chi connectivity index (χ4v) is 3.63. The zero-order valence-corrected chi connectivity index (χ0v) is 8.61. The van der Waals surface area contributed by atoms with Crippen molar-refractivity contribution in [2.24, 2.45) is 0 Å². The standard InChI is InChI=1S/C10H8IO/c1-2-4-9-8(3-1)10(12-11-9)7-5-6-7/h1-5,10H,6H2/q-1. The molecule has 1 aromatic rings. The second-order valence-electron chi connectivity index (χ2n) is 3.05. The van der Waals surface area contributed by atoms with Gasteiger partial charge in [0.25, 0.3) is 0 Å². The molecule has 62 valence electrons. The Hall–Kier alpha value is -0.350. The van der Waals surface area contributed by atoms with Crippen LogP contribution in [-0.2, 0) is 3.07 Å². The number of benzene rings is 1. The van der Waals surface area contributed by atoms with Crippen LogP contribution in [0.2, 0.25) is 0 Å². The summed E-state index contributed by atoms with van der Waals surface area (Å²) in [5, 5.41) is 0. The van der Waals surface area contributed by atoms with Crippen LogP contribution >= 0.6 is 0 Å². The van der Waals surface area contributed by atoms with Crippen molar-refractivity contribution in [1.29, 1.82) is 0 Å². The molecule has 2 heteroatoms. The summed E-state index contributed by atoms with van der Waals surface area (Å²) in [6.07, 6.45) is 3.77. The molecule has 0 aromatic heterocycles. The van der Waals surface area contributed by atoms with E-state index in [1.165, 1.54) is 21.1 Å². The van der Waals surface area contributed by atoms with E-state index in [4.69, 9.17) is 3.07 Å². The minimum atomic E-state index is -0.152. The molecule has 0 amide bonds. The predicted octanol–water partition coefficient (Wildman–Crippen LogP) is -0.738. The maximum absolute atomic E-state index is 5.79. The van der Waals surface area contributed by atoms with Gasteiger partial charge in [-0.1, -0.05) is 0 Å². The molecule has 1 aliphatic heterocycles. The molecule has 1 aromatic carbocycles. The molecule has 1 aliphatic carbocycles. The summed E-state index contributed by atoms with van der Waals surface area (Å²) in [5.74, 6) is 0. The van der Waals surface area contributed by atoms with Crippen molar-refractivity contribution in [1.82, 2.24) is 0 Å². The molecule has 1 atom stereocenters. The van der Waals surface area contributed by atoms with Crippen LogP contribution < -0.4 is 21.6 Å². The van der Waals surface area contributed by atoms with Crippen LogP contribution in [0.1, 0.15) is 18.1 Å². The molecule has 1 nitrogen and oxygen atoms in total. The second kappa shape index (κ2) is 2.57. The third-order valence-corrected chi connectivity index (χ3v) is 4.40. The van der Waals surface area contributed by atoms with Crippen molar-refractivity contribution < 1.29 is 24.7 Å². The van der Waals surface area contributed by atoms with Gasteiger partial charge in [0.15, 0.2) is 0 Å². The molecule has 2 aliphatic rings. The van der Waals surface area contributed by atoms with Gasteiger partial charge in [-0.25, -0.2) is 0 Å². The number of fused-ring (bicyclic) bond motifs is 1. The summed E-state index contributed by atoms with van der Waals surface area (Å²) in [6.45, 7) is 0. The number of halogens is 1. The molecular weight excluding hydrogens is 263 g/mol. The second-order valence-corrected chi connectivity index (χ2v) is 5.16. The predicted molar refractivity (Wildman–Crippen MR) is 41.7 cm³/mol. The zero-order chi connectivity index (χ0) is 7.97. The fourth-order valence-electron chi connectivity index (χ4n) is 1.43. The number of allylic oxidation sites excluding steroid dienone is 1. The van der Waals surface area contributed by atoms with Gasteiger partial charge in [-0.15, -0.1) is 0 Å². The van der Waals surface area contributed by atoms with Crippen LogP contribution in [0.25, 0.3) is 0 Å². The molecule has 12 heavy (non-hydrogen) atoms. The van der Waals surface area contributed by atoms with Crippen molar-refractivity contribution in [2.45, 2.75) is 12.5 Å². The molecule has 1 unspecified atom stereocenters. The van der Waals surface area contributed by atoms with Crippen molar-refractivity contribution >= 4 is 0 Å². The first kappa shape index (κ1) is 7.09. The van der Waals surface area contributed by atoms with Gasteiger partial charge in [0.1, 0.15) is 0 Å². The molecule has 0 spiro atoms. The number of rotatable bonds is 1. The summed E-state index contributed by atoms with van der Waals surface area (Å²) in [4.78, 5) is 0. The van der Waals surface area contributed by atoms with E-state index in [-0.39, 0.29) is 21.6 Å². The van der Waals surface area contributed by atoms with Crippen LogP contribution in [-0.4, -0.2) is 0 Å². The molecule has 3 rings (SSSR count). The topological polar surface area (TPSA) is 9.23 Å². The number of hydrogen-bond acceptors (Lipinski definition) is 1. The molecule has 0 N–H and O–H groups in total. The fraction of sp³-hybridized carbons (Fsp3) is 0.200. The first-order chi connectivity index (χ1) is 5.95. The molecular formula is C10H8IO-. The van der Waals surface area contributed by atoms with E-state index in [1.54, 1.807) is 0 Å². The van der Waals surface area contributed by atoms with Gasteiger partial charge in [0, 0.05) is 0 Å². The molecule has 0 saturated carbocycles. The summed E-state index contributed by atoms with van der Waals surface area (Å²) >= 11 is -0.152. The van der Waals surface area contributed by atoms with E-state index in [2.05, 4.69) is 30.3 Å². The Bertz CT molecular complexity index is 357. The van der Waals surface area contributed by atoms with Crippen molar-refractivity contribution in [3.8, 4) is 0 Å². The van der Waals surface area contributed by atoms with E-state index in [1.807, 2.05) is 0 Å². The molecule has 0 bridgehead atoms. The van der Waals surface area contributed by atoms with E-state index in [0.717, 1.165) is 0 Å². The van der Waals surface area contributed by atoms with Crippen LogP contribution in [0, 0.1) is 3.57 Å². The average molecular weight is 271 g/mol. The normalized spacial score (nSPS) is 25.7. The van der Waals surface area contributed by atoms with Crippen LogP contribution in [0.5, 0.6) is 0 Å². The minimum absolute atomic E-state index is 0.152. The Balaban J connectivity index is 2.07. The maximum atomic E-state index is 5.79. The molecule has 0 radical (unpaired) electrons. The van der Waals surface area contributed by atoms with Crippen LogP contribution in [0.3, 0.4) is 0 Å². The van der Waals surface area contributed by atoms with Crippen LogP contribution in [0.15, 0.2) is 35.9 Å². The van der Waals surface area contributed by atoms with Gasteiger partial charge in [-0.05, 0) is 0 Å². The first-order valence-electron chi connectivity index (χ1n) is 4.03. The quantitative estimate of drug-likeness (QED) is 0.483. The van der Waals surface area contributed by atoms with Gasteiger partial charge in [0.2, 0.25) is 0 Å². The van der Waals surface area contributed by atoms with Crippen molar-refractivity contribution in [3.63, 3.8) is 0 Å². The molecule has 0 fully saturated rings. The zero-order valence-electron chi connectivity index (χ0n) is 6.46. The summed E-state index contributed by atoms with van der Waals surface area (Å²) in [7, 11) is 0.